The van der Waals surface area contributed by atoms with E-state index in [4.69, 9.17) is 18.9 Å². The van der Waals surface area contributed by atoms with E-state index in [1.807, 2.05) is 11.8 Å². The third-order valence-corrected chi connectivity index (χ3v) is 10.7. The van der Waals surface area contributed by atoms with Crippen molar-refractivity contribution in [2.45, 2.75) is 143 Å². The first-order valence-electron chi connectivity index (χ1n) is 16.8. The monoisotopic (exact) mass is 695 g/mol. The highest BCUT2D eigenvalue weighted by Crippen LogP contribution is 2.33. The lowest BCUT2D eigenvalue weighted by atomic mass is 9.97. The van der Waals surface area contributed by atoms with E-state index in [2.05, 4.69) is 16.0 Å². The highest BCUT2D eigenvalue weighted by atomic mass is 32.2. The standard InChI is InChI=1S/C30H53N3O13S/c34-13-17-22(37)23(38)25(40)29(44-17)46-27-18(14-35)45-28(26(41)24(27)39)43-12-8-4-2-1-3-7-11-31-20(36)10-6-5-9-19-21-16(15-47-19)32-30(42)33-21/h16-19,21-29,34-35,37-41H,1-15H2,(H,31,36)(H2,32,33,42)/t16-,17+,18+,19-,21-,22-,23-,24+,25+,26+,27+,28+,29-/m0/s1. The van der Waals surface area contributed by atoms with Crippen LogP contribution < -0.4 is 16.0 Å². The molecule has 0 radical (unpaired) electrons. The summed E-state index contributed by atoms with van der Waals surface area (Å²) in [5.74, 6) is 1.01. The molecule has 0 aromatic rings. The third kappa shape index (κ3) is 10.6. The van der Waals surface area contributed by atoms with Gasteiger partial charge in [0.15, 0.2) is 12.6 Å². The van der Waals surface area contributed by atoms with Crippen molar-refractivity contribution in [2.75, 3.05) is 32.1 Å². The Kier molecular flexibility index (Phi) is 15.7. The molecule has 4 fully saturated rings. The molecule has 13 atom stereocenters. The maximum Gasteiger partial charge on any atom is 0.315 e. The molecule has 0 aliphatic carbocycles. The summed E-state index contributed by atoms with van der Waals surface area (Å²) in [5, 5.41) is 80.0. The Balaban J connectivity index is 1.00. The normalized spacial score (nSPS) is 38.5. The van der Waals surface area contributed by atoms with Crippen molar-refractivity contribution in [2.24, 2.45) is 0 Å². The predicted molar refractivity (Wildman–Crippen MR) is 167 cm³/mol. The van der Waals surface area contributed by atoms with Crippen LogP contribution in [0.2, 0.25) is 0 Å². The fourth-order valence-electron chi connectivity index (χ4n) is 6.42. The van der Waals surface area contributed by atoms with Crippen molar-refractivity contribution in [3.05, 3.63) is 0 Å². The average Bonchev–Trinajstić information content (AvgIpc) is 3.62. The highest BCUT2D eigenvalue weighted by Gasteiger charge is 2.50. The molecule has 0 aromatic heterocycles. The molecule has 4 rings (SSSR count). The summed E-state index contributed by atoms with van der Waals surface area (Å²) in [7, 11) is 0. The molecule has 4 heterocycles. The van der Waals surface area contributed by atoms with Crippen molar-refractivity contribution in [1.29, 1.82) is 0 Å². The molecule has 17 heteroatoms. The van der Waals surface area contributed by atoms with E-state index in [0.29, 0.717) is 24.6 Å². The molecule has 0 unspecified atom stereocenters. The number of carbonyl (C=O) groups excluding carboxylic acids is 2. The second-order valence-corrected chi connectivity index (χ2v) is 14.0. The van der Waals surface area contributed by atoms with Gasteiger partial charge in [0.05, 0.1) is 25.3 Å². The number of nitrogens with one attached hydrogen (secondary N) is 3. The van der Waals surface area contributed by atoms with E-state index < -0.39 is 74.6 Å². The van der Waals surface area contributed by atoms with E-state index >= 15 is 0 Å². The summed E-state index contributed by atoms with van der Waals surface area (Å²) in [5.41, 5.74) is 0. The van der Waals surface area contributed by atoms with Gasteiger partial charge in [-0.25, -0.2) is 4.79 Å². The van der Waals surface area contributed by atoms with Gasteiger partial charge in [0.2, 0.25) is 5.91 Å². The zero-order valence-electron chi connectivity index (χ0n) is 26.6. The smallest absolute Gasteiger partial charge is 0.315 e. The number of hydrogen-bond donors (Lipinski definition) is 10. The number of rotatable bonds is 19. The van der Waals surface area contributed by atoms with E-state index in [0.717, 1.165) is 57.1 Å². The van der Waals surface area contributed by atoms with Gasteiger partial charge in [-0.1, -0.05) is 32.1 Å². The van der Waals surface area contributed by atoms with Crippen LogP contribution in [-0.4, -0.2) is 159 Å². The van der Waals surface area contributed by atoms with Crippen LogP contribution in [0.4, 0.5) is 4.79 Å². The average molecular weight is 696 g/mol. The predicted octanol–water partition coefficient (Wildman–Crippen LogP) is -2.19. The minimum absolute atomic E-state index is 0.0716. The molecule has 3 amide bonds. The maximum atomic E-state index is 12.1. The number of unbranched alkanes of at least 4 members (excludes halogenated alkanes) is 6. The number of amides is 3. The first-order chi connectivity index (χ1) is 22.6. The second-order valence-electron chi connectivity index (χ2n) is 12.7. The molecule has 0 saturated carbocycles. The molecule has 4 aliphatic rings. The van der Waals surface area contributed by atoms with Gasteiger partial charge in [-0.3, -0.25) is 4.79 Å². The second kappa shape index (κ2) is 19.2. The minimum Gasteiger partial charge on any atom is -0.394 e. The molecule has 0 aromatic carbocycles. The first kappa shape index (κ1) is 38.5. The number of carbonyl (C=O) groups is 2. The molecule has 0 spiro atoms. The minimum atomic E-state index is -1.72. The van der Waals surface area contributed by atoms with Crippen molar-refractivity contribution in [1.82, 2.24) is 16.0 Å². The number of urea groups is 1. The molecule has 16 nitrogen and oxygen atoms in total. The Hall–Kier alpha value is -1.35. The van der Waals surface area contributed by atoms with Crippen LogP contribution in [-0.2, 0) is 23.7 Å². The van der Waals surface area contributed by atoms with Crippen molar-refractivity contribution >= 4 is 23.7 Å². The number of fused-ring (bicyclic) bond motifs is 1. The Morgan fingerprint density at radius 1 is 0.809 bits per heavy atom. The van der Waals surface area contributed by atoms with Gasteiger partial charge in [-0.05, 0) is 25.7 Å². The van der Waals surface area contributed by atoms with E-state index in [1.54, 1.807) is 0 Å². The quantitative estimate of drug-likeness (QED) is 0.0510. The van der Waals surface area contributed by atoms with E-state index in [1.165, 1.54) is 0 Å². The van der Waals surface area contributed by atoms with Crippen LogP contribution in [0.1, 0.15) is 64.2 Å². The zero-order chi connectivity index (χ0) is 33.9. The fraction of sp³-hybridized carbons (Fsp3) is 0.933. The third-order valence-electron chi connectivity index (χ3n) is 9.22. The Labute approximate surface area is 278 Å². The SMILES string of the molecule is O=C(CCCC[C@@H]1SC[C@@H]2NC(=O)N[C@@H]21)NCCCCCCCCO[C@@H]1O[C@H](CO)[C@@H](O[C@@H]2O[C@H](CO)[C@H](O)[C@H](O)[C@H]2O)[C@H](O)[C@H]1O. The van der Waals surface area contributed by atoms with E-state index in [9.17, 15) is 45.3 Å². The fourth-order valence-corrected chi connectivity index (χ4v) is 7.96. The largest absolute Gasteiger partial charge is 0.394 e. The maximum absolute atomic E-state index is 12.1. The highest BCUT2D eigenvalue weighted by molar-refractivity contribution is 8.00. The summed E-state index contributed by atoms with van der Waals surface area (Å²) >= 11 is 1.89. The van der Waals surface area contributed by atoms with Crippen molar-refractivity contribution in [3.8, 4) is 0 Å². The molecule has 47 heavy (non-hydrogen) atoms. The van der Waals surface area contributed by atoms with Gasteiger partial charge >= 0.3 is 6.03 Å². The van der Waals surface area contributed by atoms with Crippen LogP contribution in [0.3, 0.4) is 0 Å². The molecule has 4 saturated heterocycles. The van der Waals surface area contributed by atoms with E-state index in [-0.39, 0.29) is 30.6 Å². The number of ether oxygens (including phenoxy) is 4. The topological polar surface area (TPSA) is 249 Å². The zero-order valence-corrected chi connectivity index (χ0v) is 27.4. The van der Waals surface area contributed by atoms with Crippen LogP contribution in [0, 0.1) is 0 Å². The van der Waals surface area contributed by atoms with Gasteiger partial charge in [0.1, 0.15) is 48.8 Å². The van der Waals surface area contributed by atoms with Gasteiger partial charge < -0.3 is 70.6 Å². The van der Waals surface area contributed by atoms with Crippen LogP contribution >= 0.6 is 11.8 Å². The number of aliphatic hydroxyl groups excluding tert-OH is 7. The number of thioether (sulfide) groups is 1. The van der Waals surface area contributed by atoms with Gasteiger partial charge in [0.25, 0.3) is 0 Å². The lowest BCUT2D eigenvalue weighted by molar-refractivity contribution is -0.359. The Morgan fingerprint density at radius 2 is 1.49 bits per heavy atom. The molecule has 272 valence electrons. The van der Waals surface area contributed by atoms with Crippen LogP contribution in [0.15, 0.2) is 0 Å². The Morgan fingerprint density at radius 3 is 2.23 bits per heavy atom. The first-order valence-corrected chi connectivity index (χ1v) is 17.8. The lowest BCUT2D eigenvalue weighted by Gasteiger charge is -2.45. The lowest BCUT2D eigenvalue weighted by Crippen LogP contribution is -2.64. The molecule has 10 N–H and O–H groups in total. The van der Waals surface area contributed by atoms with Crippen LogP contribution in [0.5, 0.6) is 0 Å². The van der Waals surface area contributed by atoms with Gasteiger partial charge in [0, 0.05) is 30.6 Å². The Bertz CT molecular complexity index is 968. The summed E-state index contributed by atoms with van der Waals surface area (Å²) in [6.07, 6.45) is -6.05. The van der Waals surface area contributed by atoms with Crippen molar-refractivity contribution in [3.63, 3.8) is 0 Å². The number of hydrogen-bond acceptors (Lipinski definition) is 14. The molecule has 4 aliphatic heterocycles. The molecular formula is C30H53N3O13S. The summed E-state index contributed by atoms with van der Waals surface area (Å²) in [6, 6.07) is 0.351. The summed E-state index contributed by atoms with van der Waals surface area (Å²) in [4.78, 5) is 23.6. The van der Waals surface area contributed by atoms with Gasteiger partial charge in [-0.15, -0.1) is 0 Å². The van der Waals surface area contributed by atoms with Crippen molar-refractivity contribution < 1.29 is 64.3 Å². The number of aliphatic hydroxyl groups is 7. The molecule has 0 bridgehead atoms. The van der Waals surface area contributed by atoms with Crippen LogP contribution in [0.25, 0.3) is 0 Å². The molecular weight excluding hydrogens is 642 g/mol. The summed E-state index contributed by atoms with van der Waals surface area (Å²) < 4.78 is 22.1. The summed E-state index contributed by atoms with van der Waals surface area (Å²) in [6.45, 7) is -0.395. The van der Waals surface area contributed by atoms with Gasteiger partial charge in [-0.2, -0.15) is 11.8 Å².